The highest BCUT2D eigenvalue weighted by Crippen LogP contribution is 2.04. The third-order valence-corrected chi connectivity index (χ3v) is 4.87. The van der Waals surface area contributed by atoms with Crippen LogP contribution in [0.1, 0.15) is 19.8 Å². The Balaban J connectivity index is 2.27. The van der Waals surface area contributed by atoms with E-state index in [0.717, 1.165) is 12.8 Å². The van der Waals surface area contributed by atoms with Crippen LogP contribution in [0.15, 0.2) is 0 Å². The molecule has 0 aliphatic carbocycles. The molecule has 1 atom stereocenters. The van der Waals surface area contributed by atoms with E-state index >= 15 is 0 Å². The number of amides is 2. The SMILES string of the molecule is CCCCNC(=O)NCC1CNCCS1(=O)=O. The van der Waals surface area contributed by atoms with Crippen LogP contribution in [-0.2, 0) is 9.84 Å². The maximum Gasteiger partial charge on any atom is 0.314 e. The van der Waals surface area contributed by atoms with Gasteiger partial charge in [0.25, 0.3) is 0 Å². The van der Waals surface area contributed by atoms with Crippen LogP contribution in [0.5, 0.6) is 0 Å². The van der Waals surface area contributed by atoms with Crippen LogP contribution in [0.3, 0.4) is 0 Å². The summed E-state index contributed by atoms with van der Waals surface area (Å²) in [6, 6.07) is -0.292. The van der Waals surface area contributed by atoms with Crippen LogP contribution in [0.4, 0.5) is 4.79 Å². The number of unbranched alkanes of at least 4 members (excludes halogenated alkanes) is 1. The van der Waals surface area contributed by atoms with Crippen LogP contribution in [0.25, 0.3) is 0 Å². The van der Waals surface area contributed by atoms with Crippen molar-refractivity contribution in [2.75, 3.05) is 31.9 Å². The quantitative estimate of drug-likeness (QED) is 0.582. The van der Waals surface area contributed by atoms with Gasteiger partial charge in [-0.05, 0) is 6.42 Å². The Kier molecular flexibility index (Phi) is 5.70. The Hall–Kier alpha value is -0.820. The molecule has 1 aliphatic rings. The molecule has 0 aromatic rings. The third-order valence-electron chi connectivity index (χ3n) is 2.75. The molecule has 1 heterocycles. The molecule has 1 saturated heterocycles. The minimum absolute atomic E-state index is 0.150. The Morgan fingerprint density at radius 1 is 1.41 bits per heavy atom. The lowest BCUT2D eigenvalue weighted by Crippen LogP contribution is -2.50. The van der Waals surface area contributed by atoms with E-state index in [1.807, 2.05) is 6.92 Å². The van der Waals surface area contributed by atoms with E-state index in [1.165, 1.54) is 0 Å². The predicted octanol–water partition coefficient (Wildman–Crippen LogP) is -0.528. The van der Waals surface area contributed by atoms with Gasteiger partial charge in [0.05, 0.1) is 11.0 Å². The minimum atomic E-state index is -3.05. The topological polar surface area (TPSA) is 87.3 Å². The zero-order chi connectivity index (χ0) is 12.7. The highest BCUT2D eigenvalue weighted by Gasteiger charge is 2.28. The van der Waals surface area contributed by atoms with Crippen molar-refractivity contribution in [1.29, 1.82) is 0 Å². The van der Waals surface area contributed by atoms with Crippen molar-refractivity contribution in [2.45, 2.75) is 25.0 Å². The third kappa shape index (κ3) is 4.91. The molecule has 0 radical (unpaired) electrons. The van der Waals surface area contributed by atoms with Gasteiger partial charge in [-0.15, -0.1) is 0 Å². The second kappa shape index (κ2) is 6.80. The van der Waals surface area contributed by atoms with E-state index in [4.69, 9.17) is 0 Å². The standard InChI is InChI=1S/C10H21N3O3S/c1-2-3-4-12-10(14)13-8-9-7-11-5-6-17(9,15)16/h9,11H,2-8H2,1H3,(H2,12,13,14). The first-order valence-corrected chi connectivity index (χ1v) is 7.72. The normalized spacial score (nSPS) is 23.0. The Morgan fingerprint density at radius 3 is 2.82 bits per heavy atom. The van der Waals surface area contributed by atoms with Gasteiger partial charge >= 0.3 is 6.03 Å². The van der Waals surface area contributed by atoms with Crippen molar-refractivity contribution in [2.24, 2.45) is 0 Å². The highest BCUT2D eigenvalue weighted by molar-refractivity contribution is 7.92. The molecule has 1 aliphatic heterocycles. The van der Waals surface area contributed by atoms with Crippen molar-refractivity contribution in [3.05, 3.63) is 0 Å². The number of carbonyl (C=O) groups is 1. The maximum atomic E-state index is 11.6. The number of rotatable bonds is 5. The van der Waals surface area contributed by atoms with Gasteiger partial charge in [-0.25, -0.2) is 13.2 Å². The maximum absolute atomic E-state index is 11.6. The summed E-state index contributed by atoms with van der Waals surface area (Å²) in [5.74, 6) is 0.150. The smallest absolute Gasteiger partial charge is 0.314 e. The van der Waals surface area contributed by atoms with Gasteiger partial charge in [0.2, 0.25) is 0 Å². The number of urea groups is 1. The molecule has 1 unspecified atom stereocenters. The molecule has 0 aromatic carbocycles. The lowest BCUT2D eigenvalue weighted by Gasteiger charge is -2.23. The molecule has 100 valence electrons. The monoisotopic (exact) mass is 263 g/mol. The van der Waals surface area contributed by atoms with Gasteiger partial charge in [-0.2, -0.15) is 0 Å². The molecule has 6 nitrogen and oxygen atoms in total. The molecule has 0 bridgehead atoms. The summed E-state index contributed by atoms with van der Waals surface area (Å²) in [5.41, 5.74) is 0. The van der Waals surface area contributed by atoms with Crippen molar-refractivity contribution >= 4 is 15.9 Å². The molecule has 0 saturated carbocycles. The van der Waals surface area contributed by atoms with Crippen molar-refractivity contribution in [3.63, 3.8) is 0 Å². The largest absolute Gasteiger partial charge is 0.338 e. The predicted molar refractivity (Wildman–Crippen MR) is 66.8 cm³/mol. The average Bonchev–Trinajstić information content (AvgIpc) is 2.27. The van der Waals surface area contributed by atoms with Crippen LogP contribution < -0.4 is 16.0 Å². The van der Waals surface area contributed by atoms with Gasteiger partial charge in [-0.3, -0.25) is 0 Å². The first-order valence-electron chi connectivity index (χ1n) is 6.00. The van der Waals surface area contributed by atoms with Crippen LogP contribution in [0, 0.1) is 0 Å². The molecule has 3 N–H and O–H groups in total. The van der Waals surface area contributed by atoms with Crippen molar-refractivity contribution in [3.8, 4) is 0 Å². The number of carbonyl (C=O) groups excluding carboxylic acids is 1. The van der Waals surface area contributed by atoms with Crippen molar-refractivity contribution in [1.82, 2.24) is 16.0 Å². The van der Waals surface area contributed by atoms with Crippen LogP contribution >= 0.6 is 0 Å². The second-order valence-corrected chi connectivity index (χ2v) is 6.58. The van der Waals surface area contributed by atoms with E-state index in [2.05, 4.69) is 16.0 Å². The summed E-state index contributed by atoms with van der Waals surface area (Å²) in [6.07, 6.45) is 1.94. The molecule has 1 fully saturated rings. The van der Waals surface area contributed by atoms with Gasteiger partial charge in [-0.1, -0.05) is 13.3 Å². The summed E-state index contributed by atoms with van der Waals surface area (Å²) in [5, 5.41) is 7.79. The lowest BCUT2D eigenvalue weighted by atomic mass is 10.3. The second-order valence-electron chi connectivity index (χ2n) is 4.18. The molecule has 17 heavy (non-hydrogen) atoms. The molecule has 7 heteroatoms. The van der Waals surface area contributed by atoms with E-state index in [9.17, 15) is 13.2 Å². The van der Waals surface area contributed by atoms with Gasteiger partial charge in [0.1, 0.15) is 0 Å². The molecule has 0 aromatic heterocycles. The fraction of sp³-hybridized carbons (Fsp3) is 0.900. The molecule has 0 spiro atoms. The molecule has 1 rings (SSSR count). The Labute approximate surface area is 102 Å². The summed E-state index contributed by atoms with van der Waals surface area (Å²) < 4.78 is 23.3. The van der Waals surface area contributed by atoms with Crippen molar-refractivity contribution < 1.29 is 13.2 Å². The van der Waals surface area contributed by atoms with E-state index in [1.54, 1.807) is 0 Å². The zero-order valence-corrected chi connectivity index (χ0v) is 11.0. The number of nitrogens with one attached hydrogen (secondary N) is 3. The van der Waals surface area contributed by atoms with Gasteiger partial charge < -0.3 is 16.0 Å². The van der Waals surface area contributed by atoms with Crippen LogP contribution in [-0.4, -0.2) is 51.6 Å². The van der Waals surface area contributed by atoms with E-state index < -0.39 is 15.1 Å². The number of hydrogen-bond acceptors (Lipinski definition) is 4. The summed E-state index contributed by atoms with van der Waals surface area (Å²) in [6.45, 7) is 3.75. The Bertz CT molecular complexity index is 343. The summed E-state index contributed by atoms with van der Waals surface area (Å²) >= 11 is 0. The van der Waals surface area contributed by atoms with Gasteiger partial charge in [0, 0.05) is 26.2 Å². The minimum Gasteiger partial charge on any atom is -0.338 e. The zero-order valence-electron chi connectivity index (χ0n) is 10.2. The average molecular weight is 263 g/mol. The first-order chi connectivity index (χ1) is 8.06. The fourth-order valence-corrected chi connectivity index (χ4v) is 3.09. The summed E-state index contributed by atoms with van der Waals surface area (Å²) in [4.78, 5) is 11.3. The van der Waals surface area contributed by atoms with E-state index in [0.29, 0.717) is 19.6 Å². The first kappa shape index (κ1) is 14.2. The highest BCUT2D eigenvalue weighted by atomic mass is 32.2. The molecular weight excluding hydrogens is 242 g/mol. The lowest BCUT2D eigenvalue weighted by molar-refractivity contribution is 0.240. The fourth-order valence-electron chi connectivity index (χ4n) is 1.62. The van der Waals surface area contributed by atoms with E-state index in [-0.39, 0.29) is 18.3 Å². The number of hydrogen-bond donors (Lipinski definition) is 3. The van der Waals surface area contributed by atoms with Crippen LogP contribution in [0.2, 0.25) is 0 Å². The summed E-state index contributed by atoms with van der Waals surface area (Å²) in [7, 11) is -3.05. The van der Waals surface area contributed by atoms with Gasteiger partial charge in [0.15, 0.2) is 9.84 Å². The number of sulfone groups is 1. The molecule has 2 amide bonds. The molecular formula is C10H21N3O3S. The Morgan fingerprint density at radius 2 is 2.18 bits per heavy atom.